The van der Waals surface area contributed by atoms with E-state index in [0.717, 1.165) is 11.8 Å². The molecule has 0 atom stereocenters. The highest BCUT2D eigenvalue weighted by molar-refractivity contribution is 7.99. The number of hydrogen-bond acceptors (Lipinski definition) is 4. The van der Waals surface area contributed by atoms with Gasteiger partial charge < -0.3 is 9.67 Å². The van der Waals surface area contributed by atoms with Crippen LogP contribution in [0.4, 0.5) is 13.2 Å². The van der Waals surface area contributed by atoms with E-state index in [-0.39, 0.29) is 16.7 Å². The SMILES string of the molecule is Cn1c(SCC(=O)O)nnc1-c1c(F)cc(F)cc1F. The monoisotopic (exact) mass is 303 g/mol. The Morgan fingerprint density at radius 3 is 2.45 bits per heavy atom. The molecule has 1 aromatic carbocycles. The van der Waals surface area contributed by atoms with E-state index in [1.54, 1.807) is 0 Å². The maximum Gasteiger partial charge on any atom is 0.313 e. The van der Waals surface area contributed by atoms with Crippen LogP contribution >= 0.6 is 11.8 Å². The van der Waals surface area contributed by atoms with Gasteiger partial charge in [-0.1, -0.05) is 11.8 Å². The van der Waals surface area contributed by atoms with Crippen molar-refractivity contribution < 1.29 is 23.1 Å². The van der Waals surface area contributed by atoms with E-state index in [0.29, 0.717) is 12.1 Å². The Balaban J connectivity index is 2.42. The number of carbonyl (C=O) groups is 1. The highest BCUT2D eigenvalue weighted by Gasteiger charge is 2.20. The third-order valence-corrected chi connectivity index (χ3v) is 3.40. The standard InChI is InChI=1S/C11H8F3N3O2S/c1-17-10(15-16-11(17)20-4-8(18)19)9-6(13)2-5(12)3-7(9)14/h2-3H,4H2,1H3,(H,18,19). The number of nitrogens with zero attached hydrogens (tertiary/aromatic N) is 3. The number of halogens is 3. The molecule has 1 aromatic heterocycles. The Hall–Kier alpha value is -2.03. The molecule has 0 saturated carbocycles. The van der Waals surface area contributed by atoms with Crippen LogP contribution in [0.15, 0.2) is 17.3 Å². The Morgan fingerprint density at radius 1 is 1.30 bits per heavy atom. The summed E-state index contributed by atoms with van der Waals surface area (Å²) in [6, 6.07) is 1.08. The average molecular weight is 303 g/mol. The summed E-state index contributed by atoms with van der Waals surface area (Å²) in [4.78, 5) is 10.5. The number of hydrogen-bond donors (Lipinski definition) is 1. The molecule has 1 N–H and O–H groups in total. The summed E-state index contributed by atoms with van der Waals surface area (Å²) in [6.45, 7) is 0. The van der Waals surface area contributed by atoms with Gasteiger partial charge in [0.1, 0.15) is 17.5 Å². The van der Waals surface area contributed by atoms with Crippen molar-refractivity contribution >= 4 is 17.7 Å². The van der Waals surface area contributed by atoms with Crippen molar-refractivity contribution in [2.45, 2.75) is 5.16 Å². The number of aromatic nitrogens is 3. The van der Waals surface area contributed by atoms with E-state index in [4.69, 9.17) is 5.11 Å². The summed E-state index contributed by atoms with van der Waals surface area (Å²) in [6.07, 6.45) is 0. The quantitative estimate of drug-likeness (QED) is 0.876. The molecule has 0 aliphatic rings. The van der Waals surface area contributed by atoms with Crippen LogP contribution in [-0.4, -0.2) is 31.6 Å². The highest BCUT2D eigenvalue weighted by atomic mass is 32.2. The summed E-state index contributed by atoms with van der Waals surface area (Å²) in [5.41, 5.74) is -0.511. The first-order valence-corrected chi connectivity index (χ1v) is 6.27. The molecule has 106 valence electrons. The highest BCUT2D eigenvalue weighted by Crippen LogP contribution is 2.27. The second-order valence-corrected chi connectivity index (χ2v) is 4.73. The molecule has 0 aliphatic heterocycles. The summed E-state index contributed by atoms with van der Waals surface area (Å²) < 4.78 is 41.4. The Bertz CT molecular complexity index is 652. The first kappa shape index (κ1) is 14.4. The molecular formula is C11H8F3N3O2S. The average Bonchev–Trinajstić information content (AvgIpc) is 2.67. The molecular weight excluding hydrogens is 295 g/mol. The first-order chi connectivity index (χ1) is 9.40. The number of thioether (sulfide) groups is 1. The fourth-order valence-electron chi connectivity index (χ4n) is 1.54. The van der Waals surface area contributed by atoms with Crippen molar-refractivity contribution in [3.8, 4) is 11.4 Å². The Morgan fingerprint density at radius 2 is 1.90 bits per heavy atom. The van der Waals surface area contributed by atoms with E-state index in [1.165, 1.54) is 11.6 Å². The Labute approximate surface area is 115 Å². The second kappa shape index (κ2) is 5.53. The van der Waals surface area contributed by atoms with Crippen LogP contribution in [0.25, 0.3) is 11.4 Å². The first-order valence-electron chi connectivity index (χ1n) is 5.29. The maximum atomic E-state index is 13.6. The van der Waals surface area contributed by atoms with Crippen molar-refractivity contribution in [1.29, 1.82) is 0 Å². The van der Waals surface area contributed by atoms with Crippen molar-refractivity contribution in [2.75, 3.05) is 5.75 Å². The maximum absolute atomic E-state index is 13.6. The summed E-state index contributed by atoms with van der Waals surface area (Å²) in [5.74, 6) is -4.71. The number of carboxylic acids is 1. The number of aliphatic carboxylic acids is 1. The lowest BCUT2D eigenvalue weighted by Gasteiger charge is -2.05. The predicted octanol–water partition coefficient (Wildman–Crippen LogP) is 2.08. The van der Waals surface area contributed by atoms with E-state index >= 15 is 0 Å². The molecule has 0 bridgehead atoms. The van der Waals surface area contributed by atoms with Gasteiger partial charge >= 0.3 is 5.97 Å². The molecule has 0 radical (unpaired) electrons. The van der Waals surface area contributed by atoms with Crippen LogP contribution in [0.3, 0.4) is 0 Å². The minimum Gasteiger partial charge on any atom is -0.481 e. The van der Waals surface area contributed by atoms with E-state index in [1.807, 2.05) is 0 Å². The van der Waals surface area contributed by atoms with Crippen LogP contribution < -0.4 is 0 Å². The summed E-state index contributed by atoms with van der Waals surface area (Å²) in [7, 11) is 1.43. The molecule has 0 unspecified atom stereocenters. The molecule has 5 nitrogen and oxygen atoms in total. The third-order valence-electron chi connectivity index (χ3n) is 2.39. The second-order valence-electron chi connectivity index (χ2n) is 3.79. The number of carboxylic acid groups (broad SMARTS) is 1. The zero-order chi connectivity index (χ0) is 14.9. The molecule has 20 heavy (non-hydrogen) atoms. The predicted molar refractivity (Wildman–Crippen MR) is 64.7 cm³/mol. The third kappa shape index (κ3) is 2.77. The van der Waals surface area contributed by atoms with E-state index in [9.17, 15) is 18.0 Å². The van der Waals surface area contributed by atoms with Gasteiger partial charge in [-0.15, -0.1) is 10.2 Å². The fraction of sp³-hybridized carbons (Fsp3) is 0.182. The van der Waals surface area contributed by atoms with Crippen molar-refractivity contribution in [2.24, 2.45) is 7.05 Å². The normalized spacial score (nSPS) is 10.8. The number of benzene rings is 1. The minimum atomic E-state index is -1.10. The Kier molecular flexibility index (Phi) is 3.98. The van der Waals surface area contributed by atoms with Crippen molar-refractivity contribution in [3.05, 3.63) is 29.6 Å². The topological polar surface area (TPSA) is 68.0 Å². The molecule has 2 rings (SSSR count). The molecule has 0 saturated heterocycles. The zero-order valence-corrected chi connectivity index (χ0v) is 10.9. The lowest BCUT2D eigenvalue weighted by molar-refractivity contribution is -0.133. The van der Waals surface area contributed by atoms with E-state index < -0.39 is 29.0 Å². The fourth-order valence-corrected chi connectivity index (χ4v) is 2.17. The van der Waals surface area contributed by atoms with Crippen LogP contribution in [0.1, 0.15) is 0 Å². The van der Waals surface area contributed by atoms with Gasteiger partial charge in [-0.25, -0.2) is 13.2 Å². The van der Waals surface area contributed by atoms with Gasteiger partial charge in [0.15, 0.2) is 11.0 Å². The smallest absolute Gasteiger partial charge is 0.313 e. The van der Waals surface area contributed by atoms with Gasteiger partial charge in [0.25, 0.3) is 0 Å². The van der Waals surface area contributed by atoms with Gasteiger partial charge in [0.2, 0.25) is 0 Å². The number of rotatable bonds is 4. The van der Waals surface area contributed by atoms with Gasteiger partial charge in [-0.3, -0.25) is 4.79 Å². The lowest BCUT2D eigenvalue weighted by Crippen LogP contribution is -2.02. The van der Waals surface area contributed by atoms with Crippen LogP contribution in [0.2, 0.25) is 0 Å². The van der Waals surface area contributed by atoms with Gasteiger partial charge in [0.05, 0.1) is 11.3 Å². The molecule has 0 amide bonds. The molecule has 0 spiro atoms. The van der Waals surface area contributed by atoms with E-state index in [2.05, 4.69) is 10.2 Å². The zero-order valence-electron chi connectivity index (χ0n) is 10.1. The van der Waals surface area contributed by atoms with Crippen LogP contribution in [0, 0.1) is 17.5 Å². The molecule has 1 heterocycles. The minimum absolute atomic E-state index is 0.145. The summed E-state index contributed by atoms with van der Waals surface area (Å²) >= 11 is 0.856. The molecule has 0 fully saturated rings. The largest absolute Gasteiger partial charge is 0.481 e. The molecule has 9 heteroatoms. The van der Waals surface area contributed by atoms with Gasteiger partial charge in [-0.2, -0.15) is 0 Å². The van der Waals surface area contributed by atoms with Gasteiger partial charge in [-0.05, 0) is 0 Å². The molecule has 2 aromatic rings. The van der Waals surface area contributed by atoms with Crippen LogP contribution in [0.5, 0.6) is 0 Å². The molecule has 0 aliphatic carbocycles. The lowest BCUT2D eigenvalue weighted by atomic mass is 10.2. The van der Waals surface area contributed by atoms with Crippen molar-refractivity contribution in [1.82, 2.24) is 14.8 Å². The van der Waals surface area contributed by atoms with Crippen molar-refractivity contribution in [3.63, 3.8) is 0 Å². The summed E-state index contributed by atoms with van der Waals surface area (Å²) in [5, 5.41) is 16.0. The van der Waals surface area contributed by atoms with Gasteiger partial charge in [0, 0.05) is 19.2 Å². The van der Waals surface area contributed by atoms with Crippen LogP contribution in [-0.2, 0) is 11.8 Å².